The molecular weight excluding hydrogens is 420 g/mol. The summed E-state index contributed by atoms with van der Waals surface area (Å²) in [5.41, 5.74) is 0.440. The number of allylic oxidation sites excluding steroid dienone is 6. The second-order valence-electron chi connectivity index (χ2n) is 9.37. The third kappa shape index (κ3) is 8.26. The topological polar surface area (TPSA) is 71.1 Å². The van der Waals surface area contributed by atoms with Gasteiger partial charge in [0.1, 0.15) is 37.9 Å². The van der Waals surface area contributed by atoms with Crippen LogP contribution in [0, 0.1) is 23.2 Å². The summed E-state index contributed by atoms with van der Waals surface area (Å²) in [6, 6.07) is 0. The molecule has 0 aromatic rings. The fourth-order valence-corrected chi connectivity index (χ4v) is 3.68. The first-order valence-electron chi connectivity index (χ1n) is 11.6. The first kappa shape index (κ1) is 26.5. The monoisotopic (exact) mass is 458 g/mol. The Morgan fingerprint density at radius 1 is 0.939 bits per heavy atom. The molecule has 2 unspecified atom stereocenters. The van der Waals surface area contributed by atoms with Crippen LogP contribution in [0.4, 0.5) is 0 Å². The zero-order valence-corrected chi connectivity index (χ0v) is 20.6. The first-order valence-corrected chi connectivity index (χ1v) is 11.6. The molecular formula is C27H38O6. The lowest BCUT2D eigenvalue weighted by atomic mass is 9.65. The molecule has 0 saturated carbocycles. The first-order chi connectivity index (χ1) is 15.6. The average Bonchev–Trinajstić information content (AvgIpc) is 2.79. The Morgan fingerprint density at radius 2 is 1.42 bits per heavy atom. The van der Waals surface area contributed by atoms with Crippen molar-refractivity contribution in [2.24, 2.45) is 23.2 Å². The van der Waals surface area contributed by atoms with Crippen molar-refractivity contribution < 1.29 is 28.5 Å². The van der Waals surface area contributed by atoms with Crippen LogP contribution in [0.25, 0.3) is 0 Å². The minimum absolute atomic E-state index is 0.0564. The van der Waals surface area contributed by atoms with Crippen LogP contribution in [0.2, 0.25) is 0 Å². The Kier molecular flexibility index (Phi) is 10.0. The quantitative estimate of drug-likeness (QED) is 0.225. The summed E-state index contributed by atoms with van der Waals surface area (Å²) < 4.78 is 21.6. The Labute approximate surface area is 198 Å². The lowest BCUT2D eigenvalue weighted by Gasteiger charge is -2.40. The molecule has 6 heteroatoms. The van der Waals surface area contributed by atoms with Crippen molar-refractivity contribution in [2.75, 3.05) is 26.4 Å². The number of rotatable bonds is 12. The van der Waals surface area contributed by atoms with E-state index in [1.807, 2.05) is 26.0 Å². The number of carbonyl (C=O) groups is 2. The fraction of sp³-hybridized carbons (Fsp3) is 0.556. The van der Waals surface area contributed by atoms with Crippen LogP contribution in [-0.4, -0.2) is 38.4 Å². The second kappa shape index (κ2) is 12.5. The maximum absolute atomic E-state index is 11.5. The van der Waals surface area contributed by atoms with Crippen LogP contribution in [0.3, 0.4) is 0 Å². The van der Waals surface area contributed by atoms with E-state index in [-0.39, 0.29) is 30.5 Å². The van der Waals surface area contributed by atoms with Gasteiger partial charge in [-0.05, 0) is 61.3 Å². The van der Waals surface area contributed by atoms with Crippen LogP contribution in [-0.2, 0) is 28.5 Å². The molecule has 0 amide bonds. The second-order valence-corrected chi connectivity index (χ2v) is 9.37. The maximum atomic E-state index is 11.5. The number of esters is 2. The summed E-state index contributed by atoms with van der Waals surface area (Å²) in [7, 11) is 0. The van der Waals surface area contributed by atoms with Gasteiger partial charge in [0, 0.05) is 5.57 Å². The van der Waals surface area contributed by atoms with Crippen molar-refractivity contribution in [3.8, 4) is 0 Å². The summed E-state index contributed by atoms with van der Waals surface area (Å²) >= 11 is 0. The molecule has 33 heavy (non-hydrogen) atoms. The molecule has 0 aliphatic heterocycles. The van der Waals surface area contributed by atoms with Gasteiger partial charge in [0.15, 0.2) is 0 Å². The molecule has 2 aliphatic carbocycles. The number of carbonyl (C=O) groups excluding carboxylic acids is 2. The normalized spacial score (nSPS) is 20.1. The Balaban J connectivity index is 1.74. The summed E-state index contributed by atoms with van der Waals surface area (Å²) in [6.07, 6.45) is 14.5. The van der Waals surface area contributed by atoms with Crippen LogP contribution >= 0.6 is 0 Å². The molecule has 0 saturated heterocycles. The minimum atomic E-state index is -0.397. The van der Waals surface area contributed by atoms with Gasteiger partial charge >= 0.3 is 11.9 Å². The van der Waals surface area contributed by atoms with Gasteiger partial charge in [0.25, 0.3) is 0 Å². The van der Waals surface area contributed by atoms with Gasteiger partial charge in [0.2, 0.25) is 0 Å². The number of hydrogen-bond donors (Lipinski definition) is 0. The van der Waals surface area contributed by atoms with E-state index >= 15 is 0 Å². The van der Waals surface area contributed by atoms with Crippen molar-refractivity contribution in [2.45, 2.75) is 47.5 Å². The summed E-state index contributed by atoms with van der Waals surface area (Å²) in [5.74, 6) is 1.67. The van der Waals surface area contributed by atoms with Crippen LogP contribution in [0.15, 0.2) is 60.1 Å². The third-order valence-corrected chi connectivity index (χ3v) is 6.04. The highest BCUT2D eigenvalue weighted by atomic mass is 16.6. The van der Waals surface area contributed by atoms with Crippen molar-refractivity contribution in [3.05, 3.63) is 60.1 Å². The highest BCUT2D eigenvalue weighted by molar-refractivity contribution is 5.86. The van der Waals surface area contributed by atoms with E-state index < -0.39 is 5.97 Å². The van der Waals surface area contributed by atoms with Gasteiger partial charge in [-0.3, -0.25) is 4.79 Å². The fourth-order valence-electron chi connectivity index (χ4n) is 3.68. The average molecular weight is 459 g/mol. The van der Waals surface area contributed by atoms with E-state index in [0.717, 1.165) is 24.4 Å². The SMILES string of the molecule is C=C(C)C(=O)OCCOC1=CCC(C(C)(C)C2C=CC(OCCOC(=O)C(C)C)=CC2)C=C1. The van der Waals surface area contributed by atoms with E-state index in [0.29, 0.717) is 30.6 Å². The molecule has 2 rings (SSSR count). The molecule has 0 fully saturated rings. The largest absolute Gasteiger partial charge is 0.490 e. The Bertz CT molecular complexity index is 828. The number of ether oxygens (including phenoxy) is 4. The summed E-state index contributed by atoms with van der Waals surface area (Å²) in [4.78, 5) is 22.9. The zero-order chi connectivity index (χ0) is 24.4. The Morgan fingerprint density at radius 3 is 1.82 bits per heavy atom. The summed E-state index contributed by atoms with van der Waals surface area (Å²) in [6.45, 7) is 14.5. The molecule has 0 heterocycles. The lowest BCUT2D eigenvalue weighted by molar-refractivity contribution is -0.148. The molecule has 0 bridgehead atoms. The van der Waals surface area contributed by atoms with Gasteiger partial charge in [0.05, 0.1) is 5.92 Å². The van der Waals surface area contributed by atoms with Crippen molar-refractivity contribution in [1.82, 2.24) is 0 Å². The maximum Gasteiger partial charge on any atom is 0.333 e. The highest BCUT2D eigenvalue weighted by Crippen LogP contribution is 2.44. The molecule has 0 aromatic heterocycles. The molecule has 182 valence electrons. The van der Waals surface area contributed by atoms with E-state index in [2.05, 4.69) is 44.7 Å². The van der Waals surface area contributed by atoms with E-state index in [4.69, 9.17) is 18.9 Å². The highest BCUT2D eigenvalue weighted by Gasteiger charge is 2.35. The van der Waals surface area contributed by atoms with E-state index in [9.17, 15) is 9.59 Å². The standard InChI is InChI=1S/C27H38O6/c1-19(2)25(28)32-17-15-30-23-11-7-21(8-12-23)27(5,6)22-9-13-24(14-10-22)31-16-18-33-26(29)20(3)4/h7,9,11-14,20-22H,1,8,10,15-18H2,2-6H3. The predicted molar refractivity (Wildman–Crippen MR) is 128 cm³/mol. The third-order valence-electron chi connectivity index (χ3n) is 6.04. The molecule has 6 nitrogen and oxygen atoms in total. The van der Waals surface area contributed by atoms with Crippen molar-refractivity contribution in [3.63, 3.8) is 0 Å². The molecule has 2 atom stereocenters. The lowest BCUT2D eigenvalue weighted by Crippen LogP contribution is -2.32. The van der Waals surface area contributed by atoms with Gasteiger partial charge in [-0.15, -0.1) is 0 Å². The molecule has 0 N–H and O–H groups in total. The van der Waals surface area contributed by atoms with Crippen molar-refractivity contribution in [1.29, 1.82) is 0 Å². The molecule has 0 radical (unpaired) electrons. The zero-order valence-electron chi connectivity index (χ0n) is 20.6. The van der Waals surface area contributed by atoms with E-state index in [1.54, 1.807) is 6.92 Å². The van der Waals surface area contributed by atoms with Crippen molar-refractivity contribution >= 4 is 11.9 Å². The minimum Gasteiger partial charge on any atom is -0.490 e. The van der Waals surface area contributed by atoms with Gasteiger partial charge in [-0.25, -0.2) is 4.79 Å². The van der Waals surface area contributed by atoms with Gasteiger partial charge in [-0.2, -0.15) is 0 Å². The Hall–Kier alpha value is -2.76. The van der Waals surface area contributed by atoms with Gasteiger partial charge in [-0.1, -0.05) is 46.4 Å². The number of hydrogen-bond acceptors (Lipinski definition) is 6. The molecule has 2 aliphatic rings. The predicted octanol–water partition coefficient (Wildman–Crippen LogP) is 5.28. The van der Waals surface area contributed by atoms with Crippen LogP contribution in [0.1, 0.15) is 47.5 Å². The smallest absolute Gasteiger partial charge is 0.333 e. The summed E-state index contributed by atoms with van der Waals surface area (Å²) in [5, 5.41) is 0. The van der Waals surface area contributed by atoms with Crippen LogP contribution < -0.4 is 0 Å². The van der Waals surface area contributed by atoms with Crippen LogP contribution in [0.5, 0.6) is 0 Å². The van der Waals surface area contributed by atoms with E-state index in [1.165, 1.54) is 0 Å². The molecule has 0 aromatic carbocycles. The molecule has 0 spiro atoms. The van der Waals surface area contributed by atoms with Gasteiger partial charge < -0.3 is 18.9 Å².